The van der Waals surface area contributed by atoms with E-state index in [2.05, 4.69) is 21.9 Å². The third-order valence-electron chi connectivity index (χ3n) is 8.39. The van der Waals surface area contributed by atoms with Crippen molar-refractivity contribution < 1.29 is 24.1 Å². The highest BCUT2D eigenvalue weighted by Crippen LogP contribution is 2.30. The molecule has 1 fully saturated rings. The molecular weight excluding hydrogens is 596 g/mol. The van der Waals surface area contributed by atoms with Crippen LogP contribution in [0.3, 0.4) is 0 Å². The fourth-order valence-corrected chi connectivity index (χ4v) is 5.88. The summed E-state index contributed by atoms with van der Waals surface area (Å²) in [6.45, 7) is 4.76. The van der Waals surface area contributed by atoms with Crippen molar-refractivity contribution in [2.75, 3.05) is 52.5 Å². The van der Waals surface area contributed by atoms with Crippen LogP contribution in [0.2, 0.25) is 0 Å². The molecular formula is C36H42N6O5. The maximum atomic E-state index is 11.7. The standard InChI is InChI=1S/C36H42N6O5/c1-44-19-20-47-36-38-35(41(24-26-9-13-30(45-2)14-10-26)25-27-11-15-31(46-3)16-12-27)34-37-22-32(42(34)39-36)33(43)29-8-6-7-28(21-29)23-40-17-4-5-18-40/h6-16,21-22,33,43H,4-5,17-20,23-25H2,1-3H3. The second kappa shape index (κ2) is 15.3. The number of fused-ring (bicyclic) bond motifs is 1. The summed E-state index contributed by atoms with van der Waals surface area (Å²) in [5, 5.41) is 16.4. The molecule has 0 saturated carbocycles. The number of benzene rings is 3. The number of aliphatic hydroxyl groups is 1. The molecule has 0 spiro atoms. The second-order valence-electron chi connectivity index (χ2n) is 11.7. The monoisotopic (exact) mass is 638 g/mol. The van der Waals surface area contributed by atoms with Gasteiger partial charge >= 0.3 is 6.01 Å². The lowest BCUT2D eigenvalue weighted by atomic mass is 10.0. The molecule has 1 aliphatic rings. The Morgan fingerprint density at radius 2 is 1.49 bits per heavy atom. The van der Waals surface area contributed by atoms with Gasteiger partial charge in [0.05, 0.1) is 32.7 Å². The summed E-state index contributed by atoms with van der Waals surface area (Å²) in [6, 6.07) is 24.2. The van der Waals surface area contributed by atoms with Gasteiger partial charge in [0, 0.05) is 26.7 Å². The van der Waals surface area contributed by atoms with Gasteiger partial charge in [-0.3, -0.25) is 4.90 Å². The van der Waals surface area contributed by atoms with E-state index in [9.17, 15) is 5.11 Å². The van der Waals surface area contributed by atoms with Crippen LogP contribution in [0.15, 0.2) is 79.0 Å². The molecule has 1 aliphatic heterocycles. The predicted octanol–water partition coefficient (Wildman–Crippen LogP) is 5.05. The molecule has 5 aromatic rings. The molecule has 1 atom stereocenters. The van der Waals surface area contributed by atoms with Crippen LogP contribution in [0, 0.1) is 0 Å². The zero-order valence-corrected chi connectivity index (χ0v) is 27.2. The third-order valence-corrected chi connectivity index (χ3v) is 8.39. The van der Waals surface area contributed by atoms with Crippen LogP contribution in [-0.4, -0.2) is 77.2 Å². The number of hydrogen-bond acceptors (Lipinski definition) is 10. The van der Waals surface area contributed by atoms with Crippen LogP contribution in [0.5, 0.6) is 17.5 Å². The number of likely N-dealkylation sites (tertiary alicyclic amines) is 1. The van der Waals surface area contributed by atoms with E-state index in [1.165, 1.54) is 18.4 Å². The number of hydrogen-bond donors (Lipinski definition) is 1. The summed E-state index contributed by atoms with van der Waals surface area (Å²) >= 11 is 0. The van der Waals surface area contributed by atoms with Crippen molar-refractivity contribution in [3.05, 3.63) is 107 Å². The van der Waals surface area contributed by atoms with Gasteiger partial charge in [-0.05, 0) is 72.5 Å². The van der Waals surface area contributed by atoms with E-state index < -0.39 is 6.10 Å². The fourth-order valence-electron chi connectivity index (χ4n) is 5.88. The van der Waals surface area contributed by atoms with Gasteiger partial charge in [0.1, 0.15) is 24.2 Å². The Morgan fingerprint density at radius 3 is 2.11 bits per heavy atom. The summed E-state index contributed by atoms with van der Waals surface area (Å²) in [7, 11) is 4.93. The Kier molecular flexibility index (Phi) is 10.5. The first-order chi connectivity index (χ1) is 23.0. The fraction of sp³-hybridized carbons (Fsp3) is 0.361. The highest BCUT2D eigenvalue weighted by atomic mass is 16.5. The number of imidazole rings is 1. The summed E-state index contributed by atoms with van der Waals surface area (Å²) in [5.41, 5.74) is 5.08. The van der Waals surface area contributed by atoms with Gasteiger partial charge in [-0.25, -0.2) is 9.50 Å². The van der Waals surface area contributed by atoms with Crippen molar-refractivity contribution in [3.63, 3.8) is 0 Å². The summed E-state index contributed by atoms with van der Waals surface area (Å²) < 4.78 is 23.6. The smallest absolute Gasteiger partial charge is 0.336 e. The molecule has 246 valence electrons. The van der Waals surface area contributed by atoms with Gasteiger partial charge in [-0.15, -0.1) is 5.10 Å². The van der Waals surface area contributed by atoms with Crippen LogP contribution in [0.25, 0.3) is 5.65 Å². The van der Waals surface area contributed by atoms with E-state index in [1.807, 2.05) is 60.7 Å². The summed E-state index contributed by atoms with van der Waals surface area (Å²) in [4.78, 5) is 14.2. The first-order valence-electron chi connectivity index (χ1n) is 15.9. The first kappa shape index (κ1) is 32.2. The number of aromatic nitrogens is 4. The molecule has 0 radical (unpaired) electrons. The zero-order valence-electron chi connectivity index (χ0n) is 27.2. The molecule has 3 aromatic carbocycles. The van der Waals surface area contributed by atoms with Gasteiger partial charge in [-0.2, -0.15) is 4.98 Å². The van der Waals surface area contributed by atoms with E-state index in [-0.39, 0.29) is 12.6 Å². The first-order valence-corrected chi connectivity index (χ1v) is 15.9. The topological polar surface area (TPSA) is 107 Å². The molecule has 1 saturated heterocycles. The lowest BCUT2D eigenvalue weighted by Crippen LogP contribution is -2.25. The van der Waals surface area contributed by atoms with Crippen LogP contribution in [0.4, 0.5) is 5.82 Å². The normalized spacial score (nSPS) is 14.0. The van der Waals surface area contributed by atoms with Crippen LogP contribution in [-0.2, 0) is 24.4 Å². The molecule has 11 nitrogen and oxygen atoms in total. The number of aliphatic hydroxyl groups excluding tert-OH is 1. The number of ether oxygens (including phenoxy) is 4. The highest BCUT2D eigenvalue weighted by molar-refractivity contribution is 5.65. The molecule has 2 aromatic heterocycles. The molecule has 0 amide bonds. The summed E-state index contributed by atoms with van der Waals surface area (Å²) in [5.74, 6) is 2.13. The Balaban J connectivity index is 1.39. The molecule has 1 unspecified atom stereocenters. The minimum absolute atomic E-state index is 0.160. The summed E-state index contributed by atoms with van der Waals surface area (Å²) in [6.07, 6.45) is 3.17. The minimum atomic E-state index is -0.963. The van der Waals surface area contributed by atoms with Crippen molar-refractivity contribution in [2.24, 2.45) is 0 Å². The largest absolute Gasteiger partial charge is 0.497 e. The van der Waals surface area contributed by atoms with Gasteiger partial charge < -0.3 is 29.0 Å². The quantitative estimate of drug-likeness (QED) is 0.157. The van der Waals surface area contributed by atoms with Gasteiger partial charge in [0.15, 0.2) is 11.5 Å². The molecule has 0 bridgehead atoms. The maximum absolute atomic E-state index is 11.7. The lowest BCUT2D eigenvalue weighted by molar-refractivity contribution is 0.139. The van der Waals surface area contributed by atoms with E-state index in [1.54, 1.807) is 32.0 Å². The zero-order chi connectivity index (χ0) is 32.6. The van der Waals surface area contributed by atoms with E-state index in [4.69, 9.17) is 34.0 Å². The minimum Gasteiger partial charge on any atom is -0.497 e. The average molecular weight is 639 g/mol. The van der Waals surface area contributed by atoms with Crippen molar-refractivity contribution >= 4 is 11.5 Å². The number of methoxy groups -OCH3 is 3. The van der Waals surface area contributed by atoms with Crippen molar-refractivity contribution in [1.29, 1.82) is 0 Å². The van der Waals surface area contributed by atoms with Crippen molar-refractivity contribution in [1.82, 2.24) is 24.5 Å². The second-order valence-corrected chi connectivity index (χ2v) is 11.7. The molecule has 47 heavy (non-hydrogen) atoms. The Labute approximate surface area is 275 Å². The van der Waals surface area contributed by atoms with E-state index >= 15 is 0 Å². The number of anilines is 1. The Hall–Kier alpha value is -4.71. The number of rotatable bonds is 15. The van der Waals surface area contributed by atoms with Crippen LogP contribution < -0.4 is 19.1 Å². The van der Waals surface area contributed by atoms with Crippen LogP contribution >= 0.6 is 0 Å². The Bertz CT molecular complexity index is 1690. The lowest BCUT2D eigenvalue weighted by Gasteiger charge is -2.25. The molecule has 3 heterocycles. The molecule has 1 N–H and O–H groups in total. The maximum Gasteiger partial charge on any atom is 0.336 e. The third kappa shape index (κ3) is 7.82. The van der Waals surface area contributed by atoms with E-state index in [0.717, 1.165) is 47.8 Å². The average Bonchev–Trinajstić information content (AvgIpc) is 3.78. The van der Waals surface area contributed by atoms with Gasteiger partial charge in [0.2, 0.25) is 0 Å². The van der Waals surface area contributed by atoms with Crippen molar-refractivity contribution in [2.45, 2.75) is 38.6 Å². The highest BCUT2D eigenvalue weighted by Gasteiger charge is 2.24. The van der Waals surface area contributed by atoms with Crippen LogP contribution in [0.1, 0.15) is 46.9 Å². The van der Waals surface area contributed by atoms with Gasteiger partial charge in [-0.1, -0.05) is 48.5 Å². The van der Waals surface area contributed by atoms with Gasteiger partial charge in [0.25, 0.3) is 0 Å². The molecule has 0 aliphatic carbocycles. The molecule has 11 heteroatoms. The van der Waals surface area contributed by atoms with Crippen molar-refractivity contribution in [3.8, 4) is 17.5 Å². The molecule has 6 rings (SSSR count). The number of nitrogens with zero attached hydrogens (tertiary/aromatic N) is 6. The SMILES string of the molecule is COCCOc1nc(N(Cc2ccc(OC)cc2)Cc2ccc(OC)cc2)c2ncc(C(O)c3cccc(CN4CCCC4)c3)n2n1. The predicted molar refractivity (Wildman–Crippen MR) is 179 cm³/mol. The van der Waals surface area contributed by atoms with E-state index in [0.29, 0.717) is 36.9 Å². The Morgan fingerprint density at radius 1 is 0.830 bits per heavy atom.